The third kappa shape index (κ3) is 2.66. The fourth-order valence-corrected chi connectivity index (χ4v) is 2.00. The molecular formula is C13H16ClN3O. The first-order chi connectivity index (χ1) is 8.59. The third-order valence-electron chi connectivity index (χ3n) is 3.05. The Balaban J connectivity index is 1.99. The van der Waals surface area contributed by atoms with Crippen LogP contribution in [0.15, 0.2) is 24.4 Å². The number of benzene rings is 1. The van der Waals surface area contributed by atoms with Gasteiger partial charge in [-0.15, -0.1) is 0 Å². The number of rotatable bonds is 4. The zero-order chi connectivity index (χ0) is 13.1. The molecule has 1 aromatic heterocycles. The highest BCUT2D eigenvalue weighted by atomic mass is 35.5. The van der Waals surface area contributed by atoms with Crippen LogP contribution in [0.25, 0.3) is 0 Å². The Morgan fingerprint density at radius 2 is 2.17 bits per heavy atom. The van der Waals surface area contributed by atoms with Crippen molar-refractivity contribution in [2.24, 2.45) is 7.05 Å². The molecule has 5 heteroatoms. The summed E-state index contributed by atoms with van der Waals surface area (Å²) in [6, 6.07) is 5.14. The highest BCUT2D eigenvalue weighted by Crippen LogP contribution is 2.24. The molecule has 0 bridgehead atoms. The van der Waals surface area contributed by atoms with E-state index in [0.717, 1.165) is 16.8 Å². The van der Waals surface area contributed by atoms with Crippen LogP contribution in [0.4, 0.5) is 0 Å². The maximum atomic E-state index is 9.71. The summed E-state index contributed by atoms with van der Waals surface area (Å²) in [6.07, 6.45) is 1.84. The summed E-state index contributed by atoms with van der Waals surface area (Å²) in [5, 5.41) is 17.7. The maximum Gasteiger partial charge on any atom is 0.121 e. The predicted octanol–water partition coefficient (Wildman–Crippen LogP) is 2.38. The van der Waals surface area contributed by atoms with Crippen LogP contribution in [-0.4, -0.2) is 14.9 Å². The minimum Gasteiger partial charge on any atom is -0.508 e. The minimum atomic E-state index is 0.220. The lowest BCUT2D eigenvalue weighted by atomic mass is 10.2. The monoisotopic (exact) mass is 265 g/mol. The van der Waals surface area contributed by atoms with Crippen molar-refractivity contribution in [3.8, 4) is 5.75 Å². The summed E-state index contributed by atoms with van der Waals surface area (Å²) >= 11 is 6.03. The number of halogens is 1. The molecule has 0 radical (unpaired) electrons. The molecule has 0 unspecified atom stereocenters. The molecular weight excluding hydrogens is 250 g/mol. The van der Waals surface area contributed by atoms with Gasteiger partial charge >= 0.3 is 0 Å². The SMILES string of the molecule is Cc1c(CNCc2c(O)cccc2Cl)cnn1C. The zero-order valence-electron chi connectivity index (χ0n) is 10.4. The van der Waals surface area contributed by atoms with Gasteiger partial charge in [0.1, 0.15) is 5.75 Å². The van der Waals surface area contributed by atoms with Gasteiger partial charge in [-0.3, -0.25) is 4.68 Å². The lowest BCUT2D eigenvalue weighted by molar-refractivity contribution is 0.464. The van der Waals surface area contributed by atoms with E-state index in [0.29, 0.717) is 18.1 Å². The van der Waals surface area contributed by atoms with Crippen LogP contribution in [0.2, 0.25) is 5.02 Å². The van der Waals surface area contributed by atoms with E-state index in [9.17, 15) is 5.11 Å². The van der Waals surface area contributed by atoms with E-state index in [-0.39, 0.29) is 5.75 Å². The number of phenolic OH excluding ortho intramolecular Hbond substituents is 1. The minimum absolute atomic E-state index is 0.220. The van der Waals surface area contributed by atoms with Gasteiger partial charge in [0.2, 0.25) is 0 Å². The fourth-order valence-electron chi connectivity index (χ4n) is 1.76. The van der Waals surface area contributed by atoms with Crippen molar-refractivity contribution in [2.45, 2.75) is 20.0 Å². The molecule has 1 heterocycles. The van der Waals surface area contributed by atoms with Crippen molar-refractivity contribution in [2.75, 3.05) is 0 Å². The second kappa shape index (κ2) is 5.42. The van der Waals surface area contributed by atoms with Gasteiger partial charge in [0.15, 0.2) is 0 Å². The molecule has 0 saturated carbocycles. The van der Waals surface area contributed by atoms with Gasteiger partial charge in [0, 0.05) is 42.0 Å². The van der Waals surface area contributed by atoms with E-state index in [1.165, 1.54) is 0 Å². The molecule has 0 saturated heterocycles. The molecule has 0 fully saturated rings. The summed E-state index contributed by atoms with van der Waals surface area (Å²) in [4.78, 5) is 0. The fraction of sp³-hybridized carbons (Fsp3) is 0.308. The first-order valence-electron chi connectivity index (χ1n) is 5.74. The molecule has 0 aliphatic carbocycles. The third-order valence-corrected chi connectivity index (χ3v) is 3.40. The van der Waals surface area contributed by atoms with Gasteiger partial charge in [-0.2, -0.15) is 5.10 Å². The van der Waals surface area contributed by atoms with Gasteiger partial charge < -0.3 is 10.4 Å². The number of aromatic nitrogens is 2. The van der Waals surface area contributed by atoms with Gasteiger partial charge in [-0.05, 0) is 19.1 Å². The average Bonchev–Trinajstić information content (AvgIpc) is 2.65. The molecule has 0 aliphatic rings. The molecule has 0 atom stereocenters. The number of nitrogens with zero attached hydrogens (tertiary/aromatic N) is 2. The van der Waals surface area contributed by atoms with Crippen molar-refractivity contribution in [3.63, 3.8) is 0 Å². The summed E-state index contributed by atoms with van der Waals surface area (Å²) in [5.74, 6) is 0.220. The molecule has 4 nitrogen and oxygen atoms in total. The summed E-state index contributed by atoms with van der Waals surface area (Å²) in [7, 11) is 1.92. The van der Waals surface area contributed by atoms with Crippen molar-refractivity contribution >= 4 is 11.6 Å². The Morgan fingerprint density at radius 3 is 2.78 bits per heavy atom. The van der Waals surface area contributed by atoms with E-state index in [4.69, 9.17) is 11.6 Å². The Morgan fingerprint density at radius 1 is 1.39 bits per heavy atom. The van der Waals surface area contributed by atoms with E-state index in [1.54, 1.807) is 18.2 Å². The molecule has 96 valence electrons. The van der Waals surface area contributed by atoms with Crippen molar-refractivity contribution in [1.82, 2.24) is 15.1 Å². The zero-order valence-corrected chi connectivity index (χ0v) is 11.2. The number of aryl methyl sites for hydroxylation is 1. The highest BCUT2D eigenvalue weighted by molar-refractivity contribution is 6.31. The molecule has 2 aromatic rings. The van der Waals surface area contributed by atoms with Crippen LogP contribution in [0.3, 0.4) is 0 Å². The van der Waals surface area contributed by atoms with Crippen LogP contribution in [0.5, 0.6) is 5.75 Å². The normalized spacial score (nSPS) is 10.8. The van der Waals surface area contributed by atoms with E-state index in [2.05, 4.69) is 10.4 Å². The van der Waals surface area contributed by atoms with Crippen molar-refractivity contribution in [3.05, 3.63) is 46.2 Å². The Bertz CT molecular complexity index is 531. The second-order valence-electron chi connectivity index (χ2n) is 4.22. The van der Waals surface area contributed by atoms with Crippen LogP contribution >= 0.6 is 11.6 Å². The highest BCUT2D eigenvalue weighted by Gasteiger charge is 2.07. The molecule has 18 heavy (non-hydrogen) atoms. The molecule has 1 aromatic carbocycles. The molecule has 2 N–H and O–H groups in total. The van der Waals surface area contributed by atoms with E-state index in [1.807, 2.05) is 24.9 Å². The molecule has 2 rings (SSSR count). The van der Waals surface area contributed by atoms with Crippen molar-refractivity contribution < 1.29 is 5.11 Å². The second-order valence-corrected chi connectivity index (χ2v) is 4.63. The smallest absolute Gasteiger partial charge is 0.121 e. The predicted molar refractivity (Wildman–Crippen MR) is 71.6 cm³/mol. The number of phenols is 1. The van der Waals surface area contributed by atoms with Crippen LogP contribution < -0.4 is 5.32 Å². The Kier molecular flexibility index (Phi) is 3.89. The first kappa shape index (κ1) is 12.9. The lowest BCUT2D eigenvalue weighted by Crippen LogP contribution is -2.13. The average molecular weight is 266 g/mol. The molecule has 0 amide bonds. The van der Waals surface area contributed by atoms with E-state index >= 15 is 0 Å². The summed E-state index contributed by atoms with van der Waals surface area (Å²) in [5.41, 5.74) is 3.00. The Labute approximate surface area is 111 Å². The topological polar surface area (TPSA) is 50.1 Å². The molecule has 0 spiro atoms. The number of hydrogen-bond acceptors (Lipinski definition) is 3. The summed E-state index contributed by atoms with van der Waals surface area (Å²) in [6.45, 7) is 3.25. The maximum absolute atomic E-state index is 9.71. The van der Waals surface area contributed by atoms with Crippen molar-refractivity contribution in [1.29, 1.82) is 0 Å². The van der Waals surface area contributed by atoms with Crippen LogP contribution in [-0.2, 0) is 20.1 Å². The van der Waals surface area contributed by atoms with Gasteiger partial charge in [-0.1, -0.05) is 17.7 Å². The largest absolute Gasteiger partial charge is 0.508 e. The lowest BCUT2D eigenvalue weighted by Gasteiger charge is -2.08. The Hall–Kier alpha value is -1.52. The summed E-state index contributed by atoms with van der Waals surface area (Å²) < 4.78 is 1.84. The van der Waals surface area contributed by atoms with Gasteiger partial charge in [-0.25, -0.2) is 0 Å². The quantitative estimate of drug-likeness (QED) is 0.892. The first-order valence-corrected chi connectivity index (χ1v) is 6.12. The van der Waals surface area contributed by atoms with Crippen LogP contribution in [0.1, 0.15) is 16.8 Å². The number of aromatic hydroxyl groups is 1. The number of nitrogens with one attached hydrogen (secondary N) is 1. The standard InChI is InChI=1S/C13H16ClN3O/c1-9-10(7-16-17(9)2)6-15-8-11-12(14)4-3-5-13(11)18/h3-5,7,15,18H,6,8H2,1-2H3. The van der Waals surface area contributed by atoms with Gasteiger partial charge in [0.25, 0.3) is 0 Å². The molecule has 0 aliphatic heterocycles. The number of hydrogen-bond donors (Lipinski definition) is 2. The van der Waals surface area contributed by atoms with Gasteiger partial charge in [0.05, 0.1) is 6.20 Å². The van der Waals surface area contributed by atoms with E-state index < -0.39 is 0 Å². The van der Waals surface area contributed by atoms with Crippen LogP contribution in [0, 0.1) is 6.92 Å².